The van der Waals surface area contributed by atoms with E-state index in [1.165, 1.54) is 0 Å². The van der Waals surface area contributed by atoms with Crippen LogP contribution in [0.3, 0.4) is 0 Å². The van der Waals surface area contributed by atoms with Crippen LogP contribution in [0.15, 0.2) is 16.8 Å². The van der Waals surface area contributed by atoms with Gasteiger partial charge < -0.3 is 44.9 Å². The quantitative estimate of drug-likeness (QED) is 0.107. The summed E-state index contributed by atoms with van der Waals surface area (Å²) >= 11 is 0. The van der Waals surface area contributed by atoms with Crippen LogP contribution in [0.4, 0.5) is 9.59 Å². The lowest BCUT2D eigenvalue weighted by Crippen LogP contribution is -2.64. The molecule has 1 unspecified atom stereocenters. The Morgan fingerprint density at radius 3 is 2.11 bits per heavy atom. The van der Waals surface area contributed by atoms with E-state index < -0.39 is 84.0 Å². The minimum Gasteiger partial charge on any atom is -0.478 e. The Bertz CT molecular complexity index is 937. The number of carbonyl (C=O) groups is 4. The number of aliphatic imine (C=N–C) groups is 1. The van der Waals surface area contributed by atoms with Crippen LogP contribution in [0.25, 0.3) is 0 Å². The van der Waals surface area contributed by atoms with Gasteiger partial charge in [0.1, 0.15) is 29.5 Å². The molecule has 3 amide bonds. The molecule has 0 saturated carbocycles. The minimum absolute atomic E-state index is 0.435. The van der Waals surface area contributed by atoms with Crippen molar-refractivity contribution in [2.24, 2.45) is 4.99 Å². The lowest BCUT2D eigenvalue weighted by atomic mass is 9.92. The number of nitrogens with one attached hydrogen (secondary N) is 3. The Labute approximate surface area is 220 Å². The number of hydrogen-bond donors (Lipinski definition) is 6. The summed E-state index contributed by atoms with van der Waals surface area (Å²) in [5.74, 6) is -2.50. The summed E-state index contributed by atoms with van der Waals surface area (Å²) in [5.41, 5.74) is -1.84. The fraction of sp³-hybridized carbons (Fsp3) is 0.696. The first-order chi connectivity index (χ1) is 17.4. The topological polar surface area (TPSA) is 214 Å². The molecule has 6 N–H and O–H groups in total. The van der Waals surface area contributed by atoms with E-state index in [2.05, 4.69) is 25.7 Å². The normalized spacial score (nSPS) is 21.6. The molecule has 15 nitrogen and oxygen atoms in total. The van der Waals surface area contributed by atoms with Crippen molar-refractivity contribution in [2.75, 3.05) is 13.7 Å². The number of hydrogen-bond acceptors (Lipinski definition) is 11. The van der Waals surface area contributed by atoms with Gasteiger partial charge in [-0.2, -0.15) is 0 Å². The van der Waals surface area contributed by atoms with Crippen molar-refractivity contribution in [3.05, 3.63) is 11.8 Å². The molecule has 0 aromatic carbocycles. The molecule has 0 radical (unpaired) electrons. The molecule has 38 heavy (non-hydrogen) atoms. The highest BCUT2D eigenvalue weighted by atomic mass is 16.6. The van der Waals surface area contributed by atoms with E-state index in [0.717, 1.165) is 20.1 Å². The molecule has 0 saturated heterocycles. The number of aliphatic hydroxyl groups is 3. The van der Waals surface area contributed by atoms with Gasteiger partial charge in [-0.15, -0.1) is 4.99 Å². The third-order valence-corrected chi connectivity index (χ3v) is 4.53. The third-order valence-electron chi connectivity index (χ3n) is 4.53. The fourth-order valence-corrected chi connectivity index (χ4v) is 3.12. The highest BCUT2D eigenvalue weighted by Crippen LogP contribution is 2.24. The molecule has 216 valence electrons. The maximum atomic E-state index is 12.5. The highest BCUT2D eigenvalue weighted by molar-refractivity contribution is 5.99. The number of esters is 1. The van der Waals surface area contributed by atoms with Gasteiger partial charge in [-0.3, -0.25) is 10.1 Å². The first-order valence-electron chi connectivity index (χ1n) is 11.7. The average molecular weight is 547 g/mol. The number of carbonyl (C=O) groups excluding carboxylic acids is 4. The Morgan fingerprint density at radius 1 is 1.05 bits per heavy atom. The summed E-state index contributed by atoms with van der Waals surface area (Å²) in [4.78, 5) is 52.9. The van der Waals surface area contributed by atoms with E-state index in [1.807, 2.05) is 0 Å². The summed E-state index contributed by atoms with van der Waals surface area (Å²) in [6.45, 7) is 9.93. The summed E-state index contributed by atoms with van der Waals surface area (Å²) in [6, 6.07) is -2.44. The van der Waals surface area contributed by atoms with Crippen molar-refractivity contribution in [1.82, 2.24) is 16.0 Å². The van der Waals surface area contributed by atoms with Gasteiger partial charge >= 0.3 is 18.2 Å². The molecule has 0 spiro atoms. The number of rotatable bonds is 6. The second-order valence-electron chi connectivity index (χ2n) is 10.3. The fourth-order valence-electron chi connectivity index (χ4n) is 3.12. The molecule has 5 atom stereocenters. The molecule has 1 heterocycles. The summed E-state index contributed by atoms with van der Waals surface area (Å²) in [6.07, 6.45) is -5.98. The predicted octanol–water partition coefficient (Wildman–Crippen LogP) is -0.565. The second kappa shape index (κ2) is 13.4. The van der Waals surface area contributed by atoms with Gasteiger partial charge in [0.2, 0.25) is 17.6 Å². The van der Waals surface area contributed by atoms with Crippen molar-refractivity contribution < 1.29 is 53.4 Å². The Kier molecular flexibility index (Phi) is 11.5. The zero-order valence-electron chi connectivity index (χ0n) is 22.7. The number of aliphatic hydroxyl groups excluding tert-OH is 3. The Hall–Kier alpha value is -3.43. The molecule has 15 heteroatoms. The van der Waals surface area contributed by atoms with E-state index in [9.17, 15) is 34.5 Å². The van der Waals surface area contributed by atoms with Crippen LogP contribution in [0.1, 0.15) is 48.5 Å². The maximum Gasteiger partial charge on any atom is 0.437 e. The Balaban J connectivity index is 3.55. The summed E-state index contributed by atoms with van der Waals surface area (Å²) < 4.78 is 20.6. The van der Waals surface area contributed by atoms with E-state index in [1.54, 1.807) is 41.5 Å². The van der Waals surface area contributed by atoms with Crippen molar-refractivity contribution in [2.45, 2.75) is 90.1 Å². The Morgan fingerprint density at radius 2 is 1.63 bits per heavy atom. The number of ether oxygens (including phenoxy) is 4. The van der Waals surface area contributed by atoms with Crippen LogP contribution >= 0.6 is 0 Å². The smallest absolute Gasteiger partial charge is 0.437 e. The van der Waals surface area contributed by atoms with Crippen LogP contribution in [0, 0.1) is 0 Å². The lowest BCUT2D eigenvalue weighted by Gasteiger charge is -2.40. The number of alkyl carbamates (subject to hydrolysis) is 1. The zero-order valence-corrected chi connectivity index (χ0v) is 22.7. The van der Waals surface area contributed by atoms with E-state index in [0.29, 0.717) is 0 Å². The van der Waals surface area contributed by atoms with Crippen LogP contribution in [-0.2, 0) is 28.5 Å². The largest absolute Gasteiger partial charge is 0.478 e. The van der Waals surface area contributed by atoms with Crippen molar-refractivity contribution in [3.63, 3.8) is 0 Å². The van der Waals surface area contributed by atoms with Gasteiger partial charge in [0, 0.05) is 6.92 Å². The molecule has 1 aliphatic heterocycles. The number of nitrogens with zero attached hydrogens (tertiary/aromatic N) is 1. The molecule has 0 aromatic heterocycles. The second-order valence-corrected chi connectivity index (χ2v) is 10.3. The van der Waals surface area contributed by atoms with Gasteiger partial charge in [0.05, 0.1) is 25.8 Å². The molecular formula is C23H38N4O11. The van der Waals surface area contributed by atoms with Crippen molar-refractivity contribution >= 4 is 30.0 Å². The molecule has 0 aliphatic carbocycles. The molecule has 1 rings (SSSR count). The van der Waals surface area contributed by atoms with E-state index >= 15 is 0 Å². The average Bonchev–Trinajstić information content (AvgIpc) is 2.75. The monoisotopic (exact) mass is 546 g/mol. The molecular weight excluding hydrogens is 508 g/mol. The van der Waals surface area contributed by atoms with Gasteiger partial charge in [-0.25, -0.2) is 14.4 Å². The molecule has 1 aliphatic rings. The van der Waals surface area contributed by atoms with Crippen molar-refractivity contribution in [3.8, 4) is 0 Å². The molecule has 0 fully saturated rings. The SMILES string of the molecule is COC(=O)C1=C[C@H](N/C(=N\C(=O)OC(C)(C)C)NC(=O)OC(C)(C)C)[C@@H](NC(C)=O)C([C@H](O)[C@H](O)CO)O1. The van der Waals surface area contributed by atoms with Crippen molar-refractivity contribution in [1.29, 1.82) is 0 Å². The van der Waals surface area contributed by atoms with Gasteiger partial charge in [-0.05, 0) is 47.6 Å². The summed E-state index contributed by atoms with van der Waals surface area (Å²) in [7, 11) is 1.07. The minimum atomic E-state index is -1.81. The first kappa shape index (κ1) is 32.6. The summed E-state index contributed by atoms with van der Waals surface area (Å²) in [5, 5.41) is 37.4. The number of guanidine groups is 1. The van der Waals surface area contributed by atoms with Gasteiger partial charge in [0.25, 0.3) is 0 Å². The van der Waals surface area contributed by atoms with Gasteiger partial charge in [-0.1, -0.05) is 0 Å². The number of methoxy groups -OCH3 is 1. The first-order valence-corrected chi connectivity index (χ1v) is 11.7. The molecule has 0 aromatic rings. The lowest BCUT2D eigenvalue weighted by molar-refractivity contribution is -0.149. The van der Waals surface area contributed by atoms with Crippen LogP contribution < -0.4 is 16.0 Å². The van der Waals surface area contributed by atoms with Crippen LogP contribution in [0.5, 0.6) is 0 Å². The standard InChI is InChI=1S/C23H38N4O11/c1-11(29)24-15-12(9-14(18(32)35-8)36-17(15)16(31)13(30)10-28)25-19(26-20(33)37-22(2,3)4)27-21(34)38-23(5,6)7/h9,12-13,15-17,28,30-31H,10H2,1-8H3,(H,24,29)(H2,25,26,27,33,34)/t12-,13+,15+,16+,17?/m0/s1. The zero-order chi connectivity index (χ0) is 29.4. The van der Waals surface area contributed by atoms with E-state index in [4.69, 9.17) is 14.2 Å². The molecule has 0 bridgehead atoms. The predicted molar refractivity (Wildman–Crippen MR) is 132 cm³/mol. The highest BCUT2D eigenvalue weighted by Gasteiger charge is 2.44. The number of amides is 3. The van der Waals surface area contributed by atoms with Crippen LogP contribution in [0.2, 0.25) is 0 Å². The van der Waals surface area contributed by atoms with Crippen LogP contribution in [-0.4, -0.2) is 101 Å². The van der Waals surface area contributed by atoms with Gasteiger partial charge in [0.15, 0.2) is 0 Å². The third kappa shape index (κ3) is 10.9. The maximum absolute atomic E-state index is 12.5. The van der Waals surface area contributed by atoms with E-state index in [-0.39, 0.29) is 0 Å².